The van der Waals surface area contributed by atoms with E-state index in [0.717, 1.165) is 70.6 Å². The van der Waals surface area contributed by atoms with Gasteiger partial charge in [0.25, 0.3) is 0 Å². The number of aliphatic hydroxyl groups is 1. The number of aliphatic hydroxyl groups excluding tert-OH is 1. The molecule has 1 fully saturated rings. The van der Waals surface area contributed by atoms with Gasteiger partial charge in [0.15, 0.2) is 6.10 Å². The molecule has 0 radical (unpaired) electrons. The van der Waals surface area contributed by atoms with Crippen LogP contribution in [0.15, 0.2) is 0 Å². The maximum atomic E-state index is 13.3. The number of phosphoric acid groups is 1. The molecule has 1 amide bonds. The molecule has 55 heavy (non-hydrogen) atoms. The Morgan fingerprint density at radius 2 is 0.909 bits per heavy atom. The van der Waals surface area contributed by atoms with Gasteiger partial charge in [0.05, 0.1) is 6.61 Å². The fourth-order valence-electron chi connectivity index (χ4n) is 7.14. The van der Waals surface area contributed by atoms with Crippen LogP contribution in [0.1, 0.15) is 213 Å². The van der Waals surface area contributed by atoms with Gasteiger partial charge in [-0.25, -0.2) is 4.57 Å². The minimum Gasteiger partial charge on any atom is -0.457 e. The van der Waals surface area contributed by atoms with Crippen molar-refractivity contribution in [3.8, 4) is 0 Å². The molecule has 0 aromatic heterocycles. The quantitative estimate of drug-likeness (QED) is 0.0269. The summed E-state index contributed by atoms with van der Waals surface area (Å²) in [5, 5.41) is 13.0. The van der Waals surface area contributed by atoms with E-state index in [9.17, 15) is 33.8 Å². The molecule has 5 atom stereocenters. The third kappa shape index (κ3) is 26.9. The van der Waals surface area contributed by atoms with Gasteiger partial charge < -0.3 is 34.4 Å². The van der Waals surface area contributed by atoms with Crippen LogP contribution >= 0.6 is 7.82 Å². The number of carbonyl (C=O) groups excluding carboxylic acids is 3. The van der Waals surface area contributed by atoms with E-state index in [-0.39, 0.29) is 19.3 Å². The molecule has 0 bridgehead atoms. The maximum Gasteiger partial charge on any atom is 0.470 e. The Labute approximate surface area is 333 Å². The number of nitrogens with one attached hydrogen (secondary N) is 1. The number of amides is 1. The molecule has 13 heteroatoms. The topological polar surface area (TPSA) is 178 Å². The lowest BCUT2D eigenvalue weighted by Gasteiger charge is -2.44. The molecular weight excluding hydrogens is 725 g/mol. The second-order valence-electron chi connectivity index (χ2n) is 15.6. The summed E-state index contributed by atoms with van der Waals surface area (Å²) in [6.07, 6.45) is 22.9. The van der Waals surface area contributed by atoms with E-state index < -0.39 is 62.9 Å². The summed E-state index contributed by atoms with van der Waals surface area (Å²) in [6, 6.07) is -1.33. The molecule has 0 aromatic rings. The molecule has 12 nitrogen and oxygen atoms in total. The number of ether oxygens (including phenoxy) is 3. The summed E-state index contributed by atoms with van der Waals surface area (Å²) < 4.78 is 34.6. The number of esters is 2. The van der Waals surface area contributed by atoms with Crippen LogP contribution in [0.5, 0.6) is 0 Å². The van der Waals surface area contributed by atoms with Gasteiger partial charge >= 0.3 is 19.8 Å². The van der Waals surface area contributed by atoms with E-state index in [1.807, 2.05) is 0 Å². The molecule has 1 rings (SSSR count). The summed E-state index contributed by atoms with van der Waals surface area (Å²) >= 11 is 0. The van der Waals surface area contributed by atoms with Gasteiger partial charge in [-0.05, 0) is 19.3 Å². The second kappa shape index (κ2) is 33.4. The van der Waals surface area contributed by atoms with Crippen LogP contribution in [0.3, 0.4) is 0 Å². The Morgan fingerprint density at radius 3 is 1.29 bits per heavy atom. The first-order chi connectivity index (χ1) is 26.6. The predicted octanol–water partition coefficient (Wildman–Crippen LogP) is 9.88. The van der Waals surface area contributed by atoms with Crippen LogP contribution in [0.25, 0.3) is 0 Å². The first-order valence-corrected chi connectivity index (χ1v) is 23.8. The Kier molecular flexibility index (Phi) is 31.3. The maximum absolute atomic E-state index is 13.3. The molecule has 1 heterocycles. The number of rotatable bonds is 36. The molecule has 1 aliphatic heterocycles. The number of hydrogen-bond donors (Lipinski definition) is 4. The molecule has 0 unspecified atom stereocenters. The van der Waals surface area contributed by atoms with Crippen LogP contribution in [0.2, 0.25) is 0 Å². The lowest BCUT2D eigenvalue weighted by atomic mass is 9.96. The highest BCUT2D eigenvalue weighted by Gasteiger charge is 2.52. The van der Waals surface area contributed by atoms with Gasteiger partial charge in [0.2, 0.25) is 12.2 Å². The van der Waals surface area contributed by atoms with Crippen LogP contribution in [0.4, 0.5) is 0 Å². The van der Waals surface area contributed by atoms with Crippen molar-refractivity contribution >= 4 is 25.7 Å². The van der Waals surface area contributed by atoms with Crippen molar-refractivity contribution in [2.24, 2.45) is 0 Å². The minimum absolute atomic E-state index is 0.0434. The van der Waals surface area contributed by atoms with Crippen molar-refractivity contribution in [1.29, 1.82) is 0 Å². The highest BCUT2D eigenvalue weighted by molar-refractivity contribution is 7.46. The van der Waals surface area contributed by atoms with E-state index in [0.29, 0.717) is 19.3 Å². The van der Waals surface area contributed by atoms with Crippen molar-refractivity contribution in [1.82, 2.24) is 5.32 Å². The Balaban J connectivity index is 2.99. The fourth-order valence-corrected chi connectivity index (χ4v) is 7.72. The number of carbonyl (C=O) groups is 3. The molecule has 0 spiro atoms. The largest absolute Gasteiger partial charge is 0.470 e. The summed E-state index contributed by atoms with van der Waals surface area (Å²) in [5.74, 6) is -1.64. The van der Waals surface area contributed by atoms with Gasteiger partial charge in [-0.3, -0.25) is 18.9 Å². The van der Waals surface area contributed by atoms with Gasteiger partial charge in [0, 0.05) is 19.3 Å². The third-order valence-corrected chi connectivity index (χ3v) is 10.9. The van der Waals surface area contributed by atoms with Crippen LogP contribution in [-0.2, 0) is 37.7 Å². The zero-order valence-electron chi connectivity index (χ0n) is 34.9. The fraction of sp³-hybridized carbons (Fsp3) is 0.929. The van der Waals surface area contributed by atoms with E-state index >= 15 is 0 Å². The van der Waals surface area contributed by atoms with Crippen molar-refractivity contribution in [3.05, 3.63) is 0 Å². The Morgan fingerprint density at radius 1 is 0.545 bits per heavy atom. The average molecular weight is 806 g/mol. The lowest BCUT2D eigenvalue weighted by Crippen LogP contribution is -2.66. The minimum atomic E-state index is -5.19. The second-order valence-corrected chi connectivity index (χ2v) is 16.8. The van der Waals surface area contributed by atoms with Crippen LogP contribution in [-0.4, -0.2) is 70.0 Å². The van der Waals surface area contributed by atoms with Crippen LogP contribution in [0, 0.1) is 0 Å². The number of hydrogen-bond acceptors (Lipinski definition) is 9. The Bertz CT molecular complexity index is 1030. The number of unbranched alkanes of at least 4 members (excludes halogenated alkanes) is 24. The molecule has 0 aliphatic carbocycles. The van der Waals surface area contributed by atoms with Crippen molar-refractivity contribution in [3.63, 3.8) is 0 Å². The highest BCUT2D eigenvalue weighted by atomic mass is 31.2. The first-order valence-electron chi connectivity index (χ1n) is 22.2. The highest BCUT2D eigenvalue weighted by Crippen LogP contribution is 2.42. The van der Waals surface area contributed by atoms with Gasteiger partial charge in [0.1, 0.15) is 18.2 Å². The molecular formula is C42H80NO11P. The number of phosphoric ester groups is 1. The van der Waals surface area contributed by atoms with Gasteiger partial charge in [-0.1, -0.05) is 175 Å². The molecule has 324 valence electrons. The SMILES string of the molecule is CCCCCCCCCCCC(=O)N[C@H]1[C@H](OC(=O)CCCCCCCCCCC)O[C@H](CO)[C@@H](OP(=O)(O)O)[C@@H]1OC(=O)CCCCCCCCCCC. The zero-order chi connectivity index (χ0) is 40.6. The van der Waals surface area contributed by atoms with E-state index in [4.69, 9.17) is 18.7 Å². The summed E-state index contributed by atoms with van der Waals surface area (Å²) in [4.78, 5) is 59.3. The summed E-state index contributed by atoms with van der Waals surface area (Å²) in [5.41, 5.74) is 0. The van der Waals surface area contributed by atoms with E-state index in [1.165, 1.54) is 83.5 Å². The lowest BCUT2D eigenvalue weighted by molar-refractivity contribution is -0.264. The summed E-state index contributed by atoms with van der Waals surface area (Å²) in [7, 11) is -5.19. The molecule has 0 aromatic carbocycles. The average Bonchev–Trinajstić information content (AvgIpc) is 3.14. The Hall–Kier alpha value is -1.56. The van der Waals surface area contributed by atoms with E-state index in [2.05, 4.69) is 26.1 Å². The molecule has 1 saturated heterocycles. The van der Waals surface area contributed by atoms with Crippen molar-refractivity contribution < 1.29 is 52.6 Å². The molecule has 4 N–H and O–H groups in total. The van der Waals surface area contributed by atoms with Gasteiger partial charge in [-0.15, -0.1) is 0 Å². The van der Waals surface area contributed by atoms with Gasteiger partial charge in [-0.2, -0.15) is 0 Å². The normalized spacial score (nSPS) is 20.0. The molecule has 0 saturated carbocycles. The van der Waals surface area contributed by atoms with E-state index in [1.54, 1.807) is 0 Å². The standard InChI is InChI=1S/C42H80NO11P/c1-4-7-10-13-16-19-22-25-28-31-36(45)43-39-41(52-37(46)32-29-26-23-20-17-14-11-8-5-2)40(54-55(48,49)50)35(34-44)51-42(39)53-38(47)33-30-27-24-21-18-15-12-9-6-3/h35,39-42,44H,4-34H2,1-3H3,(H,43,45)(H2,48,49,50)/t35-,39-,40-,41-,42+/m1/s1. The molecule has 1 aliphatic rings. The van der Waals surface area contributed by atoms with Crippen LogP contribution < -0.4 is 5.32 Å². The van der Waals surface area contributed by atoms with Crippen molar-refractivity contribution in [2.75, 3.05) is 6.61 Å². The smallest absolute Gasteiger partial charge is 0.457 e. The monoisotopic (exact) mass is 806 g/mol. The van der Waals surface area contributed by atoms with Crippen molar-refractivity contribution in [2.45, 2.75) is 244 Å². The first kappa shape index (κ1) is 51.5. The third-order valence-electron chi connectivity index (χ3n) is 10.4. The zero-order valence-corrected chi connectivity index (χ0v) is 35.8. The predicted molar refractivity (Wildman–Crippen MR) is 216 cm³/mol. The summed E-state index contributed by atoms with van der Waals surface area (Å²) in [6.45, 7) is 5.79.